The second-order valence-corrected chi connectivity index (χ2v) is 10.2. The topological polar surface area (TPSA) is 111 Å². The van der Waals surface area contributed by atoms with E-state index < -0.39 is 4.92 Å². The molecule has 2 aliphatic rings. The number of piperidine rings is 1. The average molecular weight is 504 g/mol. The lowest BCUT2D eigenvalue weighted by atomic mass is 9.97. The van der Waals surface area contributed by atoms with Gasteiger partial charge >= 0.3 is 0 Å². The van der Waals surface area contributed by atoms with Crippen LogP contribution < -0.4 is 5.56 Å². The molecule has 1 saturated heterocycles. The first-order valence-electron chi connectivity index (χ1n) is 10.3. The van der Waals surface area contributed by atoms with Crippen molar-refractivity contribution in [1.29, 1.82) is 0 Å². The fourth-order valence-electron chi connectivity index (χ4n) is 4.08. The second kappa shape index (κ2) is 8.88. The predicted octanol–water partition coefficient (Wildman–Crippen LogP) is 4.05. The van der Waals surface area contributed by atoms with Crippen LogP contribution in [0.2, 0.25) is 5.02 Å². The summed E-state index contributed by atoms with van der Waals surface area (Å²) in [5, 5.41) is 14.7. The van der Waals surface area contributed by atoms with Crippen LogP contribution in [-0.4, -0.2) is 49.1 Å². The maximum atomic E-state index is 13.0. The molecule has 3 aromatic rings. The number of benzene rings is 1. The Bertz CT molecular complexity index is 1320. The summed E-state index contributed by atoms with van der Waals surface area (Å²) in [5.74, 6) is 0.710. The van der Waals surface area contributed by atoms with Crippen LogP contribution in [-0.2, 0) is 6.54 Å². The molecule has 0 atom stereocenters. The van der Waals surface area contributed by atoms with Crippen molar-refractivity contribution in [3.05, 3.63) is 65.8 Å². The van der Waals surface area contributed by atoms with Crippen LogP contribution in [0, 0.1) is 10.1 Å². The lowest BCUT2D eigenvalue weighted by Crippen LogP contribution is -2.41. The monoisotopic (exact) mass is 503 g/mol. The average Bonchev–Trinajstić information content (AvgIpc) is 3.50. The molecule has 0 N–H and O–H groups in total. The minimum atomic E-state index is -0.507. The van der Waals surface area contributed by atoms with Crippen molar-refractivity contribution in [3.8, 4) is 11.3 Å². The van der Waals surface area contributed by atoms with Gasteiger partial charge in [-0.25, -0.2) is 9.97 Å². The molecule has 0 radical (unpaired) electrons. The minimum absolute atomic E-state index is 0.0909. The summed E-state index contributed by atoms with van der Waals surface area (Å²) in [5.41, 5.74) is 1.03. The molecule has 0 saturated carbocycles. The van der Waals surface area contributed by atoms with E-state index in [1.54, 1.807) is 15.5 Å². The zero-order valence-corrected chi connectivity index (χ0v) is 19.7. The lowest BCUT2D eigenvalue weighted by Gasteiger charge is -2.31. The fourth-order valence-corrected chi connectivity index (χ4v) is 6.18. The molecule has 1 aromatic carbocycles. The highest BCUT2D eigenvalue weighted by atomic mass is 35.5. The molecular weight excluding hydrogens is 486 g/mol. The molecule has 0 unspecified atom stereocenters. The van der Waals surface area contributed by atoms with Crippen molar-refractivity contribution in [2.24, 2.45) is 0 Å². The Balaban J connectivity index is 1.27. The van der Waals surface area contributed by atoms with Crippen LogP contribution in [0.1, 0.15) is 34.1 Å². The molecule has 12 heteroatoms. The number of hydrogen-bond acceptors (Lipinski definition) is 8. The molecule has 170 valence electrons. The number of fused-ring (bicyclic) bond motifs is 1. The normalized spacial score (nSPS) is 16.1. The Morgan fingerprint density at radius 1 is 1.24 bits per heavy atom. The number of halogens is 1. The highest BCUT2D eigenvalue weighted by Crippen LogP contribution is 2.35. The van der Waals surface area contributed by atoms with E-state index in [-0.39, 0.29) is 33.7 Å². The van der Waals surface area contributed by atoms with Gasteiger partial charge in [-0.05, 0) is 18.9 Å². The first kappa shape index (κ1) is 22.1. The van der Waals surface area contributed by atoms with Gasteiger partial charge in [-0.3, -0.25) is 24.3 Å². The number of aromatic nitrogens is 3. The van der Waals surface area contributed by atoms with Crippen molar-refractivity contribution in [2.45, 2.75) is 30.5 Å². The van der Waals surface area contributed by atoms with Crippen molar-refractivity contribution in [3.63, 3.8) is 0 Å². The first-order valence-corrected chi connectivity index (χ1v) is 12.6. The number of nitrogens with zero attached hydrogens (tertiary/aromatic N) is 5. The van der Waals surface area contributed by atoms with E-state index in [0.717, 1.165) is 23.6 Å². The Hall–Kier alpha value is -2.76. The van der Waals surface area contributed by atoms with Gasteiger partial charge in [-0.2, -0.15) is 0 Å². The molecule has 4 heterocycles. The largest absolute Gasteiger partial charge is 0.338 e. The van der Waals surface area contributed by atoms with Gasteiger partial charge in [0.1, 0.15) is 10.6 Å². The van der Waals surface area contributed by atoms with Crippen molar-refractivity contribution < 1.29 is 9.72 Å². The zero-order valence-electron chi connectivity index (χ0n) is 17.3. The van der Waals surface area contributed by atoms with Gasteiger partial charge in [0.25, 0.3) is 17.2 Å². The summed E-state index contributed by atoms with van der Waals surface area (Å²) < 4.78 is 1.57. The second-order valence-electron chi connectivity index (χ2n) is 7.82. The number of thiazole rings is 1. The molecule has 1 fully saturated rings. The standard InChI is InChI=1S/C21H18ClN5O4S2/c22-15-2-1-13(9-17(15)27(30)31)16-11-33-18(24-16)12-3-5-25(6-4-12)19(28)14-10-23-21-26(20(14)29)7-8-32-21/h1-2,9-12H,3-8H2. The van der Waals surface area contributed by atoms with Crippen LogP contribution in [0.3, 0.4) is 0 Å². The number of rotatable bonds is 4. The van der Waals surface area contributed by atoms with Gasteiger partial charge in [-0.1, -0.05) is 29.4 Å². The van der Waals surface area contributed by atoms with Gasteiger partial charge in [0, 0.05) is 54.5 Å². The van der Waals surface area contributed by atoms with Crippen molar-refractivity contribution >= 4 is 46.3 Å². The molecule has 2 aromatic heterocycles. The smallest absolute Gasteiger partial charge is 0.288 e. The van der Waals surface area contributed by atoms with E-state index in [1.807, 2.05) is 5.38 Å². The van der Waals surface area contributed by atoms with Gasteiger partial charge in [0.05, 0.1) is 15.6 Å². The third kappa shape index (κ3) is 4.16. The van der Waals surface area contributed by atoms with Crippen LogP contribution >= 0.6 is 34.7 Å². The Labute approximate surface area is 201 Å². The number of likely N-dealkylation sites (tertiary alicyclic amines) is 1. The number of thioether (sulfide) groups is 1. The third-order valence-electron chi connectivity index (χ3n) is 5.88. The Morgan fingerprint density at radius 3 is 2.79 bits per heavy atom. The maximum absolute atomic E-state index is 13.0. The first-order chi connectivity index (χ1) is 15.9. The van der Waals surface area contributed by atoms with E-state index in [4.69, 9.17) is 16.6 Å². The summed E-state index contributed by atoms with van der Waals surface area (Å²) in [6.45, 7) is 1.64. The molecule has 0 aliphatic carbocycles. The quantitative estimate of drug-likeness (QED) is 0.300. The van der Waals surface area contributed by atoms with Crippen molar-refractivity contribution in [2.75, 3.05) is 18.8 Å². The van der Waals surface area contributed by atoms with E-state index >= 15 is 0 Å². The van der Waals surface area contributed by atoms with E-state index in [1.165, 1.54) is 41.4 Å². The number of carbonyl (C=O) groups is 1. The van der Waals surface area contributed by atoms with Gasteiger partial charge in [-0.15, -0.1) is 11.3 Å². The molecule has 0 spiro atoms. The van der Waals surface area contributed by atoms with Crippen LogP contribution in [0.15, 0.2) is 39.7 Å². The SMILES string of the molecule is O=C(c1cnc2n(c1=O)CCS2)N1CCC(c2nc(-c3ccc(Cl)c([N+](=O)[O-])c3)cs2)CC1. The summed E-state index contributed by atoms with van der Waals surface area (Å²) >= 11 is 8.94. The third-order valence-corrected chi connectivity index (χ3v) is 8.18. The number of amides is 1. The molecule has 9 nitrogen and oxygen atoms in total. The number of nitro groups is 1. The fraction of sp³-hybridized carbons (Fsp3) is 0.333. The summed E-state index contributed by atoms with van der Waals surface area (Å²) in [6, 6.07) is 4.66. The summed E-state index contributed by atoms with van der Waals surface area (Å²) in [4.78, 5) is 47.0. The van der Waals surface area contributed by atoms with E-state index in [9.17, 15) is 19.7 Å². The van der Waals surface area contributed by atoms with E-state index in [2.05, 4.69) is 4.98 Å². The Morgan fingerprint density at radius 2 is 2.03 bits per heavy atom. The number of hydrogen-bond donors (Lipinski definition) is 0. The molecule has 33 heavy (non-hydrogen) atoms. The highest BCUT2D eigenvalue weighted by molar-refractivity contribution is 7.99. The molecular formula is C21H18ClN5O4S2. The van der Waals surface area contributed by atoms with Gasteiger partial charge in [0.2, 0.25) is 0 Å². The zero-order chi connectivity index (χ0) is 23.1. The molecule has 5 rings (SSSR count). The van der Waals surface area contributed by atoms with Crippen LogP contribution in [0.5, 0.6) is 0 Å². The van der Waals surface area contributed by atoms with E-state index in [0.29, 0.717) is 36.0 Å². The van der Waals surface area contributed by atoms with Crippen molar-refractivity contribution in [1.82, 2.24) is 19.4 Å². The highest BCUT2D eigenvalue weighted by Gasteiger charge is 2.29. The molecule has 0 bridgehead atoms. The van der Waals surface area contributed by atoms with Gasteiger partial charge < -0.3 is 4.90 Å². The Kier molecular flexibility index (Phi) is 5.94. The maximum Gasteiger partial charge on any atom is 0.288 e. The minimum Gasteiger partial charge on any atom is -0.338 e. The predicted molar refractivity (Wildman–Crippen MR) is 126 cm³/mol. The number of carbonyl (C=O) groups excluding carboxylic acids is 1. The summed E-state index contributed by atoms with van der Waals surface area (Å²) in [6.07, 6.45) is 2.86. The van der Waals surface area contributed by atoms with Crippen LogP contribution in [0.25, 0.3) is 11.3 Å². The van der Waals surface area contributed by atoms with Crippen LogP contribution in [0.4, 0.5) is 5.69 Å². The number of nitro benzene ring substituents is 1. The summed E-state index contributed by atoms with van der Waals surface area (Å²) in [7, 11) is 0. The molecule has 1 amide bonds. The van der Waals surface area contributed by atoms with Gasteiger partial charge in [0.15, 0.2) is 5.16 Å². The lowest BCUT2D eigenvalue weighted by molar-refractivity contribution is -0.384. The molecule has 2 aliphatic heterocycles.